The van der Waals surface area contributed by atoms with E-state index < -0.39 is 0 Å². The van der Waals surface area contributed by atoms with Crippen LogP contribution in [0, 0.1) is 12.8 Å². The lowest BCUT2D eigenvalue weighted by Crippen LogP contribution is -2.17. The number of ether oxygens (including phenoxy) is 1. The molecular formula is C45H52N4O. The van der Waals surface area contributed by atoms with E-state index in [1.165, 1.54) is 51.6 Å². The Morgan fingerprint density at radius 1 is 0.860 bits per heavy atom. The zero-order valence-electron chi connectivity index (χ0n) is 31.0. The number of aryl methyl sites for hydroxylation is 2. The van der Waals surface area contributed by atoms with Gasteiger partial charge >= 0.3 is 0 Å². The molecule has 1 aliphatic rings. The van der Waals surface area contributed by atoms with Crippen LogP contribution in [0.2, 0.25) is 0 Å². The number of benzene rings is 3. The van der Waals surface area contributed by atoms with E-state index in [9.17, 15) is 0 Å². The molecule has 5 nitrogen and oxygen atoms in total. The third kappa shape index (κ3) is 6.39. The maximum atomic E-state index is 6.81. The van der Waals surface area contributed by atoms with Crippen LogP contribution in [0.4, 0.5) is 0 Å². The number of hydrogen-bond acceptors (Lipinski definition) is 3. The number of unbranched alkanes of at least 4 members (excludes halogenated alkanes) is 1. The van der Waals surface area contributed by atoms with Gasteiger partial charge in [-0.25, -0.2) is 9.67 Å². The summed E-state index contributed by atoms with van der Waals surface area (Å²) >= 11 is 0. The van der Waals surface area contributed by atoms with E-state index in [-0.39, 0.29) is 0 Å². The highest BCUT2D eigenvalue weighted by atomic mass is 16.5. The van der Waals surface area contributed by atoms with Gasteiger partial charge in [-0.2, -0.15) is 5.10 Å². The fourth-order valence-electron chi connectivity index (χ4n) is 8.16. The average molecular weight is 665 g/mol. The topological polar surface area (TPSA) is 44.9 Å². The van der Waals surface area contributed by atoms with Gasteiger partial charge < -0.3 is 4.74 Å². The summed E-state index contributed by atoms with van der Waals surface area (Å²) in [6.45, 7) is 16.0. The number of hydrogen-bond donors (Lipinski definition) is 0. The van der Waals surface area contributed by atoms with Crippen LogP contribution in [0.5, 0.6) is 11.5 Å². The standard InChI is InChI=1S/C45H52N4O/c1-8-10-18-41-45(44-30(5)15-13-16-31(44)6)32(7)47-49(41)35-25-34(29(3)4)26-37(27-35)50-36-20-21-39-38-17-11-12-19-40(38)48(42(39)28-36)43-24-33(14-9-2)22-23-46-43/h11-12,15,17,19-29,31,44H,8-10,13-14,16,18H2,1-7H3/t31-,44?/m0/s1. The molecule has 3 aromatic carbocycles. The number of nitrogens with zero attached hydrogens (tertiary/aromatic N) is 4. The minimum Gasteiger partial charge on any atom is -0.457 e. The van der Waals surface area contributed by atoms with Crippen molar-refractivity contribution in [3.63, 3.8) is 0 Å². The summed E-state index contributed by atoms with van der Waals surface area (Å²) in [7, 11) is 0. The Morgan fingerprint density at radius 2 is 1.68 bits per heavy atom. The molecule has 0 saturated heterocycles. The van der Waals surface area contributed by atoms with Gasteiger partial charge in [0.25, 0.3) is 0 Å². The first-order valence-corrected chi connectivity index (χ1v) is 18.8. The quantitative estimate of drug-likeness (QED) is 0.129. The van der Waals surface area contributed by atoms with Gasteiger partial charge in [-0.3, -0.25) is 4.57 Å². The van der Waals surface area contributed by atoms with Gasteiger partial charge in [-0.15, -0.1) is 0 Å². The molecule has 6 aromatic rings. The van der Waals surface area contributed by atoms with Gasteiger partial charge in [0, 0.05) is 46.3 Å². The number of fused-ring (bicyclic) bond motifs is 3. The van der Waals surface area contributed by atoms with Crippen LogP contribution in [-0.4, -0.2) is 19.3 Å². The van der Waals surface area contributed by atoms with Crippen LogP contribution in [0.15, 0.2) is 90.6 Å². The maximum absolute atomic E-state index is 6.81. The second kappa shape index (κ2) is 14.3. The smallest absolute Gasteiger partial charge is 0.137 e. The lowest BCUT2D eigenvalue weighted by Gasteiger charge is -2.30. The summed E-state index contributed by atoms with van der Waals surface area (Å²) in [5, 5.41) is 7.68. The van der Waals surface area contributed by atoms with Crippen molar-refractivity contribution in [3.8, 4) is 23.0 Å². The Bertz CT molecular complexity index is 2180. The Labute approximate surface area is 298 Å². The SMILES string of the molecule is CCCCc1c(C2C(C)=CCC[C@@H]2C)c(C)nn1-c1cc(Oc2ccc3c4ccccc4n(-c4cc(CCC)ccn4)c3c2)cc(C(C)C)c1. The van der Waals surface area contributed by atoms with Crippen LogP contribution < -0.4 is 4.74 Å². The highest BCUT2D eigenvalue weighted by molar-refractivity contribution is 6.09. The van der Waals surface area contributed by atoms with E-state index >= 15 is 0 Å². The normalized spacial score (nSPS) is 16.4. The molecule has 3 heterocycles. The molecule has 0 aliphatic heterocycles. The van der Waals surface area contributed by atoms with Gasteiger partial charge in [0.2, 0.25) is 0 Å². The number of rotatable bonds is 11. The Kier molecular flexibility index (Phi) is 9.68. The summed E-state index contributed by atoms with van der Waals surface area (Å²) in [6.07, 6.45) is 12.2. The zero-order valence-corrected chi connectivity index (χ0v) is 31.0. The van der Waals surface area contributed by atoms with Crippen LogP contribution in [0.25, 0.3) is 33.3 Å². The van der Waals surface area contributed by atoms with Crippen molar-refractivity contribution in [1.82, 2.24) is 19.3 Å². The first kappa shape index (κ1) is 33.8. The molecule has 7 rings (SSSR count). The van der Waals surface area contributed by atoms with Crippen molar-refractivity contribution >= 4 is 21.8 Å². The predicted octanol–water partition coefficient (Wildman–Crippen LogP) is 12.3. The molecule has 0 radical (unpaired) electrons. The zero-order chi connectivity index (χ0) is 34.9. The minimum atomic E-state index is 0.336. The molecule has 3 aromatic heterocycles. The molecule has 0 N–H and O–H groups in total. The van der Waals surface area contributed by atoms with Gasteiger partial charge in [0.05, 0.1) is 22.4 Å². The molecule has 5 heteroatoms. The third-order valence-corrected chi connectivity index (χ3v) is 10.7. The van der Waals surface area contributed by atoms with E-state index in [2.05, 4.69) is 137 Å². The number of para-hydroxylation sites is 1. The number of aromatic nitrogens is 4. The summed E-state index contributed by atoms with van der Waals surface area (Å²) in [4.78, 5) is 4.84. The molecule has 0 amide bonds. The van der Waals surface area contributed by atoms with Crippen molar-refractivity contribution in [2.45, 2.75) is 105 Å². The highest BCUT2D eigenvalue weighted by Crippen LogP contribution is 2.43. The molecule has 0 fully saturated rings. The first-order valence-electron chi connectivity index (χ1n) is 18.8. The summed E-state index contributed by atoms with van der Waals surface area (Å²) in [6, 6.07) is 26.1. The third-order valence-electron chi connectivity index (χ3n) is 10.7. The molecule has 0 bridgehead atoms. The van der Waals surface area contributed by atoms with Gasteiger partial charge in [0.1, 0.15) is 17.3 Å². The molecular weight excluding hydrogens is 613 g/mol. The molecule has 1 unspecified atom stereocenters. The first-order chi connectivity index (χ1) is 24.3. The van der Waals surface area contributed by atoms with Gasteiger partial charge in [-0.05, 0) is 111 Å². The van der Waals surface area contributed by atoms with Crippen LogP contribution in [0.3, 0.4) is 0 Å². The Morgan fingerprint density at radius 3 is 2.46 bits per heavy atom. The molecule has 50 heavy (non-hydrogen) atoms. The van der Waals surface area contributed by atoms with Crippen molar-refractivity contribution < 1.29 is 4.74 Å². The van der Waals surface area contributed by atoms with Crippen LogP contribution in [-0.2, 0) is 12.8 Å². The lowest BCUT2D eigenvalue weighted by molar-refractivity contribution is 0.446. The second-order valence-corrected chi connectivity index (χ2v) is 14.8. The molecule has 0 spiro atoms. The minimum absolute atomic E-state index is 0.336. The lowest BCUT2D eigenvalue weighted by atomic mass is 9.75. The maximum Gasteiger partial charge on any atom is 0.137 e. The van der Waals surface area contributed by atoms with E-state index in [1.807, 2.05) is 6.20 Å². The monoisotopic (exact) mass is 664 g/mol. The Hall–Kier alpha value is -4.64. The van der Waals surface area contributed by atoms with Crippen molar-refractivity contribution in [2.24, 2.45) is 5.92 Å². The summed E-state index contributed by atoms with van der Waals surface area (Å²) in [5.74, 6) is 3.93. The number of pyridine rings is 1. The molecule has 258 valence electrons. The summed E-state index contributed by atoms with van der Waals surface area (Å²) in [5.41, 5.74) is 11.3. The fraction of sp³-hybridized carbons (Fsp3) is 0.378. The van der Waals surface area contributed by atoms with Gasteiger partial charge in [0.15, 0.2) is 0 Å². The predicted molar refractivity (Wildman–Crippen MR) is 209 cm³/mol. The largest absolute Gasteiger partial charge is 0.457 e. The highest BCUT2D eigenvalue weighted by Gasteiger charge is 2.31. The average Bonchev–Trinajstić information content (AvgIpc) is 3.61. The van der Waals surface area contributed by atoms with Crippen molar-refractivity contribution in [3.05, 3.63) is 119 Å². The molecule has 1 aliphatic carbocycles. The van der Waals surface area contributed by atoms with Crippen LogP contribution >= 0.6 is 0 Å². The Balaban J connectivity index is 1.33. The molecule has 0 saturated carbocycles. The summed E-state index contributed by atoms with van der Waals surface area (Å²) < 4.78 is 11.3. The van der Waals surface area contributed by atoms with Crippen LogP contribution in [0.1, 0.15) is 114 Å². The number of allylic oxidation sites excluding steroid dienone is 2. The van der Waals surface area contributed by atoms with E-state index in [4.69, 9.17) is 14.8 Å². The fourth-order valence-corrected chi connectivity index (χ4v) is 8.16. The van der Waals surface area contributed by atoms with E-state index in [0.717, 1.165) is 71.8 Å². The van der Waals surface area contributed by atoms with E-state index in [1.54, 1.807) is 0 Å². The molecule has 2 atom stereocenters. The van der Waals surface area contributed by atoms with Crippen molar-refractivity contribution in [1.29, 1.82) is 0 Å². The van der Waals surface area contributed by atoms with Gasteiger partial charge in [-0.1, -0.05) is 77.3 Å². The second-order valence-electron chi connectivity index (χ2n) is 14.8. The van der Waals surface area contributed by atoms with Crippen molar-refractivity contribution in [2.75, 3.05) is 0 Å². The van der Waals surface area contributed by atoms with E-state index in [0.29, 0.717) is 17.8 Å².